The molecule has 0 saturated carbocycles. The first-order valence-electron chi connectivity index (χ1n) is 6.98. The molecule has 0 spiro atoms. The van der Waals surface area contributed by atoms with Crippen molar-refractivity contribution < 1.29 is 9.21 Å². The number of carbonyl (C=O) groups is 1. The van der Waals surface area contributed by atoms with E-state index >= 15 is 0 Å². The zero-order valence-electron chi connectivity index (χ0n) is 11.9. The third kappa shape index (κ3) is 3.31. The topological polar surface area (TPSA) is 47.3 Å². The number of hydrogen-bond acceptors (Lipinski definition) is 3. The Bertz CT molecular complexity index is 903. The summed E-state index contributed by atoms with van der Waals surface area (Å²) in [5, 5.41) is 0.723. The summed E-state index contributed by atoms with van der Waals surface area (Å²) in [6.45, 7) is 0. The smallest absolute Gasteiger partial charge is 0.347 e. The van der Waals surface area contributed by atoms with E-state index in [1.165, 1.54) is 0 Å². The molecule has 2 atom stereocenters. The molecule has 2 aromatic carbocycles. The Hall–Kier alpha value is -1.72. The van der Waals surface area contributed by atoms with Crippen molar-refractivity contribution in [1.82, 2.24) is 0 Å². The van der Waals surface area contributed by atoms with Crippen LogP contribution in [0.5, 0.6) is 0 Å². The van der Waals surface area contributed by atoms with E-state index in [2.05, 4.69) is 31.9 Å². The summed E-state index contributed by atoms with van der Waals surface area (Å²) in [7, 11) is 0. The first kappa shape index (κ1) is 16.1. The van der Waals surface area contributed by atoms with Gasteiger partial charge >= 0.3 is 5.63 Å². The number of para-hydroxylation sites is 1. The summed E-state index contributed by atoms with van der Waals surface area (Å²) >= 11 is 6.93. The van der Waals surface area contributed by atoms with Gasteiger partial charge in [0, 0.05) is 5.39 Å². The van der Waals surface area contributed by atoms with Gasteiger partial charge in [0.15, 0.2) is 5.78 Å². The van der Waals surface area contributed by atoms with E-state index in [4.69, 9.17) is 4.42 Å². The number of hydrogen-bond donors (Lipinski definition) is 0. The minimum Gasteiger partial charge on any atom is -0.422 e. The van der Waals surface area contributed by atoms with Crippen molar-refractivity contribution in [1.29, 1.82) is 0 Å². The molecule has 0 aliphatic heterocycles. The molecular formula is C18H12Br2O3. The average Bonchev–Trinajstić information content (AvgIpc) is 2.60. The Morgan fingerprint density at radius 1 is 0.957 bits per heavy atom. The minimum atomic E-state index is -0.620. The molecule has 3 aromatic rings. The van der Waals surface area contributed by atoms with Crippen LogP contribution in [0.4, 0.5) is 0 Å². The van der Waals surface area contributed by atoms with Gasteiger partial charge in [0.2, 0.25) is 0 Å². The van der Waals surface area contributed by atoms with Gasteiger partial charge in [-0.2, -0.15) is 0 Å². The van der Waals surface area contributed by atoms with Crippen molar-refractivity contribution in [2.75, 3.05) is 0 Å². The summed E-state index contributed by atoms with van der Waals surface area (Å²) in [4.78, 5) is 24.0. The molecular weight excluding hydrogens is 424 g/mol. The number of carbonyl (C=O) groups excluding carboxylic acids is 1. The highest BCUT2D eigenvalue weighted by molar-refractivity contribution is 9.12. The number of ketones is 1. The number of Topliss-reactive ketones (excluding diaryl/α,β-unsaturated/α-hetero) is 1. The molecule has 2 unspecified atom stereocenters. The molecule has 0 saturated heterocycles. The van der Waals surface area contributed by atoms with Crippen LogP contribution in [0.25, 0.3) is 11.0 Å². The van der Waals surface area contributed by atoms with Crippen LogP contribution in [0.15, 0.2) is 69.9 Å². The molecule has 23 heavy (non-hydrogen) atoms. The fraction of sp³-hybridized carbons (Fsp3) is 0.111. The van der Waals surface area contributed by atoms with Crippen LogP contribution in [-0.2, 0) is 0 Å². The number of rotatable bonds is 4. The largest absolute Gasteiger partial charge is 0.422 e. The van der Waals surface area contributed by atoms with E-state index in [-0.39, 0.29) is 16.2 Å². The molecule has 0 aliphatic rings. The molecule has 5 heteroatoms. The van der Waals surface area contributed by atoms with Gasteiger partial charge in [-0.3, -0.25) is 4.79 Å². The normalized spacial score (nSPS) is 13.7. The quantitative estimate of drug-likeness (QED) is 0.333. The second kappa shape index (κ2) is 6.81. The van der Waals surface area contributed by atoms with E-state index < -0.39 is 10.5 Å². The third-order valence-corrected chi connectivity index (χ3v) is 6.24. The second-order valence-corrected chi connectivity index (χ2v) is 7.04. The van der Waals surface area contributed by atoms with Crippen LogP contribution in [0.2, 0.25) is 0 Å². The van der Waals surface area contributed by atoms with Crippen molar-refractivity contribution >= 4 is 48.6 Å². The molecule has 3 rings (SSSR count). The Balaban J connectivity index is 1.96. The molecule has 0 aliphatic carbocycles. The number of fused-ring (bicyclic) bond motifs is 1. The molecule has 3 nitrogen and oxygen atoms in total. The van der Waals surface area contributed by atoms with Gasteiger partial charge in [0.1, 0.15) is 11.1 Å². The lowest BCUT2D eigenvalue weighted by Gasteiger charge is -2.15. The summed E-state index contributed by atoms with van der Waals surface area (Å²) in [5.74, 6) is -0.310. The number of benzene rings is 2. The van der Waals surface area contributed by atoms with E-state index in [0.717, 1.165) is 10.9 Å². The van der Waals surface area contributed by atoms with E-state index in [9.17, 15) is 9.59 Å². The molecule has 0 bridgehead atoms. The number of halogens is 2. The fourth-order valence-electron chi connectivity index (χ4n) is 2.32. The van der Waals surface area contributed by atoms with Gasteiger partial charge in [0.05, 0.1) is 9.65 Å². The maximum atomic E-state index is 12.7. The maximum absolute atomic E-state index is 12.7. The van der Waals surface area contributed by atoms with Gasteiger partial charge < -0.3 is 4.42 Å². The lowest BCUT2D eigenvalue weighted by molar-refractivity contribution is 0.0987. The van der Waals surface area contributed by atoms with Gasteiger partial charge in [-0.05, 0) is 17.7 Å². The summed E-state index contributed by atoms with van der Waals surface area (Å²) in [5.41, 5.74) is 0.850. The first-order valence-corrected chi connectivity index (χ1v) is 8.81. The number of alkyl halides is 2. The maximum Gasteiger partial charge on any atom is 0.347 e. The van der Waals surface area contributed by atoms with Gasteiger partial charge in [-0.25, -0.2) is 4.79 Å². The van der Waals surface area contributed by atoms with Crippen molar-refractivity contribution in [2.45, 2.75) is 9.65 Å². The lowest BCUT2D eigenvalue weighted by Crippen LogP contribution is -2.24. The highest BCUT2D eigenvalue weighted by Gasteiger charge is 2.28. The van der Waals surface area contributed by atoms with Crippen molar-refractivity contribution in [3.05, 3.63) is 82.2 Å². The molecule has 0 radical (unpaired) electrons. The molecule has 0 fully saturated rings. The Morgan fingerprint density at radius 2 is 1.61 bits per heavy atom. The van der Waals surface area contributed by atoms with Crippen LogP contribution in [0.1, 0.15) is 20.7 Å². The fourth-order valence-corrected chi connectivity index (χ4v) is 3.42. The van der Waals surface area contributed by atoms with Crippen LogP contribution in [0, 0.1) is 0 Å². The van der Waals surface area contributed by atoms with Gasteiger partial charge in [-0.1, -0.05) is 80.4 Å². The van der Waals surface area contributed by atoms with Gasteiger partial charge in [0.25, 0.3) is 0 Å². The predicted molar refractivity (Wildman–Crippen MR) is 97.6 cm³/mol. The van der Waals surface area contributed by atoms with E-state index in [1.54, 1.807) is 24.3 Å². The molecule has 116 valence electrons. The second-order valence-electron chi connectivity index (χ2n) is 5.06. The van der Waals surface area contributed by atoms with Crippen LogP contribution in [0.3, 0.4) is 0 Å². The Kier molecular flexibility index (Phi) is 4.78. The van der Waals surface area contributed by atoms with Crippen molar-refractivity contribution in [2.24, 2.45) is 0 Å². The summed E-state index contributed by atoms with van der Waals surface area (Å²) < 4.78 is 5.24. The third-order valence-electron chi connectivity index (χ3n) is 3.53. The summed E-state index contributed by atoms with van der Waals surface area (Å²) in [6.07, 6.45) is 0. The zero-order valence-corrected chi connectivity index (χ0v) is 15.1. The Labute approximate surface area is 149 Å². The predicted octanol–water partition coefficient (Wildman–Crippen LogP) is 4.88. The molecule has 0 amide bonds. The Morgan fingerprint density at radius 3 is 2.35 bits per heavy atom. The highest BCUT2D eigenvalue weighted by atomic mass is 79.9. The van der Waals surface area contributed by atoms with Crippen LogP contribution >= 0.6 is 31.9 Å². The van der Waals surface area contributed by atoms with E-state index in [0.29, 0.717) is 5.58 Å². The van der Waals surface area contributed by atoms with Crippen LogP contribution in [-0.4, -0.2) is 10.6 Å². The molecule has 1 heterocycles. The highest BCUT2D eigenvalue weighted by Crippen LogP contribution is 2.33. The summed E-state index contributed by atoms with van der Waals surface area (Å²) in [6, 6.07) is 18.3. The standard InChI is InChI=1S/C18H12Br2O3/c19-15(11-6-2-1-3-7-11)16(20)17(21)13-10-12-8-4-5-9-14(12)23-18(13)22/h1-10,15-16H. The van der Waals surface area contributed by atoms with Crippen LogP contribution < -0.4 is 5.63 Å². The van der Waals surface area contributed by atoms with Crippen molar-refractivity contribution in [3.8, 4) is 0 Å². The monoisotopic (exact) mass is 434 g/mol. The molecule has 1 aromatic heterocycles. The van der Waals surface area contributed by atoms with Gasteiger partial charge in [-0.15, -0.1) is 0 Å². The van der Waals surface area contributed by atoms with Crippen molar-refractivity contribution in [3.63, 3.8) is 0 Å². The SMILES string of the molecule is O=C(c1cc2ccccc2oc1=O)C(Br)C(Br)c1ccccc1. The molecule has 0 N–H and O–H groups in total. The zero-order chi connectivity index (χ0) is 16.4. The lowest BCUT2D eigenvalue weighted by atomic mass is 10.0. The minimum absolute atomic E-state index is 0.0472. The first-order chi connectivity index (χ1) is 11.1. The average molecular weight is 436 g/mol. The van der Waals surface area contributed by atoms with E-state index in [1.807, 2.05) is 36.4 Å².